The molecule has 0 amide bonds. The van der Waals surface area contributed by atoms with Crippen LogP contribution in [0.5, 0.6) is 0 Å². The van der Waals surface area contributed by atoms with Crippen molar-refractivity contribution in [2.75, 3.05) is 11.4 Å². The van der Waals surface area contributed by atoms with Gasteiger partial charge in [-0.25, -0.2) is 9.78 Å². The number of nitrogens with zero attached hydrogens (tertiary/aromatic N) is 3. The normalized spacial score (nSPS) is 14.2. The molecule has 1 fully saturated rings. The Balaban J connectivity index is 1.48. The Morgan fingerprint density at radius 3 is 2.47 bits per heavy atom. The Labute approximate surface area is 226 Å². The van der Waals surface area contributed by atoms with E-state index in [-0.39, 0.29) is 0 Å². The molecule has 0 unspecified atom stereocenters. The highest BCUT2D eigenvalue weighted by molar-refractivity contribution is 5.96. The predicted molar refractivity (Wildman–Crippen MR) is 156 cm³/mol. The largest absolute Gasteiger partial charge is 0.478 e. The molecule has 1 aliphatic carbocycles. The second-order valence-electron chi connectivity index (χ2n) is 10.5. The number of rotatable bonds is 10. The number of anilines is 1. The van der Waals surface area contributed by atoms with Crippen molar-refractivity contribution in [3.8, 4) is 11.1 Å². The second-order valence-corrected chi connectivity index (χ2v) is 10.5. The maximum Gasteiger partial charge on any atom is 0.336 e. The zero-order chi connectivity index (χ0) is 26.5. The first kappa shape index (κ1) is 26.0. The molecule has 5 rings (SSSR count). The van der Waals surface area contributed by atoms with Crippen molar-refractivity contribution in [3.63, 3.8) is 0 Å². The number of carboxylic acid groups (broad SMARTS) is 1. The molecule has 1 heterocycles. The standard InChI is InChI=1S/C33H39N3O2/c1-3-5-15-32-34-30-21-20-27(35(4-2)26-11-7-6-8-12-26)22-31(30)36(32)23-24-16-18-25(19-17-24)28-13-9-10-14-29(28)33(37)38/h9-10,13-14,16-22,26H,3-8,11-12,15,23H2,1-2H3,(H,37,38). The quantitative estimate of drug-likeness (QED) is 0.236. The fourth-order valence-corrected chi connectivity index (χ4v) is 5.98. The van der Waals surface area contributed by atoms with Crippen LogP contribution < -0.4 is 4.90 Å². The summed E-state index contributed by atoms with van der Waals surface area (Å²) in [6.07, 6.45) is 9.80. The SMILES string of the molecule is CCCCc1nc2ccc(N(CC)C3CCCCC3)cc2n1Cc1ccc(-c2ccccc2C(=O)O)cc1. The van der Waals surface area contributed by atoms with E-state index in [2.05, 4.69) is 53.6 Å². The van der Waals surface area contributed by atoms with Crippen molar-refractivity contribution >= 4 is 22.7 Å². The molecule has 0 spiro atoms. The van der Waals surface area contributed by atoms with Gasteiger partial charge in [0.15, 0.2) is 0 Å². The van der Waals surface area contributed by atoms with E-state index < -0.39 is 5.97 Å². The molecule has 1 saturated carbocycles. The van der Waals surface area contributed by atoms with Crippen LogP contribution in [0.25, 0.3) is 22.2 Å². The van der Waals surface area contributed by atoms with Crippen LogP contribution in [-0.4, -0.2) is 33.2 Å². The predicted octanol–water partition coefficient (Wildman–Crippen LogP) is 7.95. The summed E-state index contributed by atoms with van der Waals surface area (Å²) in [6.45, 7) is 6.26. The highest BCUT2D eigenvalue weighted by Gasteiger charge is 2.21. The number of carboxylic acids is 1. The summed E-state index contributed by atoms with van der Waals surface area (Å²) in [4.78, 5) is 19.4. The third-order valence-corrected chi connectivity index (χ3v) is 8.02. The topological polar surface area (TPSA) is 58.4 Å². The average molecular weight is 510 g/mol. The van der Waals surface area contributed by atoms with Crippen LogP contribution in [0.3, 0.4) is 0 Å². The van der Waals surface area contributed by atoms with E-state index in [0.717, 1.165) is 54.8 Å². The number of benzene rings is 3. The van der Waals surface area contributed by atoms with Crippen molar-refractivity contribution < 1.29 is 9.90 Å². The van der Waals surface area contributed by atoms with E-state index in [1.54, 1.807) is 12.1 Å². The van der Waals surface area contributed by atoms with Crippen molar-refractivity contribution in [2.24, 2.45) is 0 Å². The van der Waals surface area contributed by atoms with Crippen LogP contribution in [0.15, 0.2) is 66.7 Å². The number of hydrogen-bond acceptors (Lipinski definition) is 3. The minimum Gasteiger partial charge on any atom is -0.478 e. The first-order valence-electron chi connectivity index (χ1n) is 14.3. The Bertz CT molecular complexity index is 1380. The van der Waals surface area contributed by atoms with Crippen molar-refractivity contribution in [3.05, 3.63) is 83.7 Å². The van der Waals surface area contributed by atoms with Gasteiger partial charge in [-0.2, -0.15) is 0 Å². The Hall–Kier alpha value is -3.60. The molecule has 0 atom stereocenters. The van der Waals surface area contributed by atoms with Gasteiger partial charge in [-0.05, 0) is 67.1 Å². The van der Waals surface area contributed by atoms with E-state index >= 15 is 0 Å². The van der Waals surface area contributed by atoms with Crippen LogP contribution in [-0.2, 0) is 13.0 Å². The van der Waals surface area contributed by atoms with Gasteiger partial charge in [-0.3, -0.25) is 0 Å². The summed E-state index contributed by atoms with van der Waals surface area (Å²) in [6, 6.07) is 22.9. The van der Waals surface area contributed by atoms with Gasteiger partial charge in [0.1, 0.15) is 5.82 Å². The first-order chi connectivity index (χ1) is 18.6. The van der Waals surface area contributed by atoms with Crippen LogP contribution in [0.1, 0.15) is 80.5 Å². The number of fused-ring (bicyclic) bond motifs is 1. The van der Waals surface area contributed by atoms with Gasteiger partial charge in [0.05, 0.1) is 16.6 Å². The lowest BCUT2D eigenvalue weighted by Crippen LogP contribution is -2.36. The fourth-order valence-electron chi connectivity index (χ4n) is 5.98. The van der Waals surface area contributed by atoms with E-state index in [4.69, 9.17) is 4.98 Å². The van der Waals surface area contributed by atoms with Gasteiger partial charge in [0, 0.05) is 31.2 Å². The maximum absolute atomic E-state index is 11.7. The summed E-state index contributed by atoms with van der Waals surface area (Å²) >= 11 is 0. The van der Waals surface area contributed by atoms with E-state index in [1.807, 2.05) is 24.3 Å². The summed E-state index contributed by atoms with van der Waals surface area (Å²) in [5, 5.41) is 9.60. The molecule has 1 N–H and O–H groups in total. The molecule has 5 heteroatoms. The van der Waals surface area contributed by atoms with E-state index in [1.165, 1.54) is 48.9 Å². The van der Waals surface area contributed by atoms with Crippen LogP contribution in [0, 0.1) is 0 Å². The van der Waals surface area contributed by atoms with E-state index in [0.29, 0.717) is 11.6 Å². The molecule has 5 nitrogen and oxygen atoms in total. The Morgan fingerprint density at radius 1 is 1.00 bits per heavy atom. The summed E-state index contributed by atoms with van der Waals surface area (Å²) in [5.41, 5.74) is 6.74. The molecule has 4 aromatic rings. The Kier molecular flexibility index (Phi) is 8.11. The fraction of sp³-hybridized carbons (Fsp3) is 0.394. The van der Waals surface area contributed by atoms with Crippen molar-refractivity contribution in [1.29, 1.82) is 0 Å². The minimum atomic E-state index is -0.903. The molecule has 0 aliphatic heterocycles. The molecule has 38 heavy (non-hydrogen) atoms. The molecule has 1 aliphatic rings. The van der Waals surface area contributed by atoms with Gasteiger partial charge in [-0.15, -0.1) is 0 Å². The molecule has 198 valence electrons. The highest BCUT2D eigenvalue weighted by atomic mass is 16.4. The molecular formula is C33H39N3O2. The molecule has 3 aromatic carbocycles. The lowest BCUT2D eigenvalue weighted by Gasteiger charge is -2.35. The third kappa shape index (κ3) is 5.47. The molecule has 1 aromatic heterocycles. The highest BCUT2D eigenvalue weighted by Crippen LogP contribution is 2.31. The Morgan fingerprint density at radius 2 is 1.76 bits per heavy atom. The average Bonchev–Trinajstić information content (AvgIpc) is 3.29. The molecule has 0 radical (unpaired) electrons. The number of aromatic nitrogens is 2. The lowest BCUT2D eigenvalue weighted by atomic mass is 9.94. The number of imidazole rings is 1. The van der Waals surface area contributed by atoms with Crippen LogP contribution >= 0.6 is 0 Å². The lowest BCUT2D eigenvalue weighted by molar-refractivity contribution is 0.0697. The number of unbranched alkanes of at least 4 members (excludes halogenated alkanes) is 1. The van der Waals surface area contributed by atoms with E-state index in [9.17, 15) is 9.90 Å². The van der Waals surface area contributed by atoms with Crippen molar-refractivity contribution in [2.45, 2.75) is 77.8 Å². The monoisotopic (exact) mass is 509 g/mol. The summed E-state index contributed by atoms with van der Waals surface area (Å²) in [5.74, 6) is 0.236. The van der Waals surface area contributed by atoms with Gasteiger partial charge >= 0.3 is 5.97 Å². The molecular weight excluding hydrogens is 470 g/mol. The third-order valence-electron chi connectivity index (χ3n) is 8.02. The second kappa shape index (κ2) is 11.8. The maximum atomic E-state index is 11.7. The first-order valence-corrected chi connectivity index (χ1v) is 14.3. The van der Waals surface area contributed by atoms with Gasteiger partial charge in [-0.1, -0.05) is 75.1 Å². The smallest absolute Gasteiger partial charge is 0.336 e. The van der Waals surface area contributed by atoms with Gasteiger partial charge in [0.2, 0.25) is 0 Å². The van der Waals surface area contributed by atoms with Crippen LogP contribution in [0.4, 0.5) is 5.69 Å². The number of aromatic carboxylic acids is 1. The van der Waals surface area contributed by atoms with Crippen LogP contribution in [0.2, 0.25) is 0 Å². The number of carbonyl (C=O) groups is 1. The summed E-state index contributed by atoms with van der Waals surface area (Å²) < 4.78 is 2.39. The van der Waals surface area contributed by atoms with Gasteiger partial charge < -0.3 is 14.6 Å². The van der Waals surface area contributed by atoms with Crippen molar-refractivity contribution in [1.82, 2.24) is 9.55 Å². The summed E-state index contributed by atoms with van der Waals surface area (Å²) in [7, 11) is 0. The van der Waals surface area contributed by atoms with Gasteiger partial charge in [0.25, 0.3) is 0 Å². The zero-order valence-corrected chi connectivity index (χ0v) is 22.7. The molecule has 0 bridgehead atoms. The minimum absolute atomic E-state index is 0.327. The zero-order valence-electron chi connectivity index (χ0n) is 22.7. The number of aryl methyl sites for hydroxylation is 1. The molecule has 0 saturated heterocycles. The number of hydrogen-bond donors (Lipinski definition) is 1.